The molecule has 4 nitrogen and oxygen atoms in total. The molecule has 2 N–H and O–H groups in total. The summed E-state index contributed by atoms with van der Waals surface area (Å²) >= 11 is 0. The van der Waals surface area contributed by atoms with Gasteiger partial charge in [-0.1, -0.05) is 0 Å². The van der Waals surface area contributed by atoms with Crippen molar-refractivity contribution >= 4 is 10.8 Å². The molecule has 1 aromatic rings. The Labute approximate surface area is 105 Å². The fourth-order valence-corrected chi connectivity index (χ4v) is 2.71. The molecule has 0 amide bonds. The Hall–Kier alpha value is -0.940. The lowest BCUT2D eigenvalue weighted by Gasteiger charge is -2.07. The van der Waals surface area contributed by atoms with Crippen LogP contribution in [0.2, 0.25) is 0 Å². The molecule has 0 aromatic carbocycles. The van der Waals surface area contributed by atoms with Gasteiger partial charge in [-0.2, -0.15) is 0 Å². The topological polar surface area (TPSA) is 65.2 Å². The number of ether oxygens (including phenoxy) is 1. The Balaban J connectivity index is 2.61. The second-order valence-electron chi connectivity index (χ2n) is 4.19. The quantitative estimate of drug-likeness (QED) is 0.835. The second-order valence-corrected chi connectivity index (χ2v) is 5.77. The van der Waals surface area contributed by atoms with Crippen LogP contribution in [0.15, 0.2) is 12.1 Å². The molecule has 17 heavy (non-hydrogen) atoms. The van der Waals surface area contributed by atoms with Gasteiger partial charge < -0.3 is 10.5 Å². The van der Waals surface area contributed by atoms with E-state index in [-0.39, 0.29) is 6.04 Å². The minimum absolute atomic E-state index is 0.0963. The van der Waals surface area contributed by atoms with E-state index in [1.807, 2.05) is 26.0 Å². The summed E-state index contributed by atoms with van der Waals surface area (Å²) in [5.41, 5.74) is 7.32. The fourth-order valence-electron chi connectivity index (χ4n) is 1.45. The standard InChI is InChI=1S/C12H20N2O2S/c1-9(13)4-5-17(15)8-11-7-12(16-3)6-10(2)14-11/h6-7,9H,4-5,8,13H2,1-3H3. The predicted octanol–water partition coefficient (Wildman–Crippen LogP) is 1.38. The van der Waals surface area contributed by atoms with Crippen molar-refractivity contribution in [1.82, 2.24) is 4.98 Å². The Morgan fingerprint density at radius 1 is 1.53 bits per heavy atom. The van der Waals surface area contributed by atoms with Gasteiger partial charge in [0.25, 0.3) is 0 Å². The fraction of sp³-hybridized carbons (Fsp3) is 0.583. The van der Waals surface area contributed by atoms with E-state index in [4.69, 9.17) is 10.5 Å². The van der Waals surface area contributed by atoms with Crippen LogP contribution in [0, 0.1) is 6.92 Å². The number of nitrogens with two attached hydrogens (primary N) is 1. The van der Waals surface area contributed by atoms with Crippen LogP contribution in [0.3, 0.4) is 0 Å². The molecule has 0 saturated heterocycles. The summed E-state index contributed by atoms with van der Waals surface area (Å²) in [6, 6.07) is 3.78. The first-order chi connectivity index (χ1) is 8.01. The SMILES string of the molecule is COc1cc(C)nc(CS(=O)CCC(C)N)c1. The largest absolute Gasteiger partial charge is 0.497 e. The lowest BCUT2D eigenvalue weighted by atomic mass is 10.3. The van der Waals surface area contributed by atoms with Crippen molar-refractivity contribution in [2.45, 2.75) is 32.1 Å². The van der Waals surface area contributed by atoms with E-state index < -0.39 is 10.8 Å². The number of pyridine rings is 1. The third-order valence-electron chi connectivity index (χ3n) is 2.33. The first-order valence-corrected chi connectivity index (χ1v) is 7.12. The number of aromatic nitrogens is 1. The summed E-state index contributed by atoms with van der Waals surface area (Å²) in [7, 11) is 0.709. The zero-order valence-electron chi connectivity index (χ0n) is 10.6. The van der Waals surface area contributed by atoms with Crippen LogP contribution >= 0.6 is 0 Å². The van der Waals surface area contributed by atoms with Gasteiger partial charge in [0.2, 0.25) is 0 Å². The monoisotopic (exact) mass is 256 g/mol. The molecule has 5 heteroatoms. The molecular formula is C12H20N2O2S. The molecule has 0 saturated carbocycles. The lowest BCUT2D eigenvalue weighted by Crippen LogP contribution is -2.18. The van der Waals surface area contributed by atoms with Gasteiger partial charge in [-0.25, -0.2) is 0 Å². The summed E-state index contributed by atoms with van der Waals surface area (Å²) in [4.78, 5) is 4.34. The van der Waals surface area contributed by atoms with Crippen LogP contribution < -0.4 is 10.5 Å². The maximum Gasteiger partial charge on any atom is 0.122 e. The van der Waals surface area contributed by atoms with E-state index in [1.54, 1.807) is 7.11 Å². The van der Waals surface area contributed by atoms with Gasteiger partial charge in [0.1, 0.15) is 5.75 Å². The first kappa shape index (κ1) is 14.1. The number of hydrogen-bond donors (Lipinski definition) is 1. The highest BCUT2D eigenvalue weighted by Crippen LogP contribution is 2.14. The molecule has 0 aliphatic heterocycles. The highest BCUT2D eigenvalue weighted by Gasteiger charge is 2.07. The minimum Gasteiger partial charge on any atom is -0.497 e. The molecular weight excluding hydrogens is 236 g/mol. The average Bonchev–Trinajstić information content (AvgIpc) is 2.25. The molecule has 0 aliphatic rings. The molecule has 0 radical (unpaired) electrons. The molecule has 1 aromatic heterocycles. The van der Waals surface area contributed by atoms with Crippen LogP contribution in [0.25, 0.3) is 0 Å². The van der Waals surface area contributed by atoms with Crippen LogP contribution in [-0.2, 0) is 16.6 Å². The molecule has 1 heterocycles. The van der Waals surface area contributed by atoms with Crippen molar-refractivity contribution in [1.29, 1.82) is 0 Å². The molecule has 2 unspecified atom stereocenters. The van der Waals surface area contributed by atoms with E-state index in [9.17, 15) is 4.21 Å². The summed E-state index contributed by atoms with van der Waals surface area (Å²) in [5, 5.41) is 0. The molecule has 0 bridgehead atoms. The van der Waals surface area contributed by atoms with Crippen LogP contribution in [0.5, 0.6) is 5.75 Å². The lowest BCUT2D eigenvalue weighted by molar-refractivity contribution is 0.413. The Kier molecular flexibility index (Phi) is 5.58. The Bertz CT molecular complexity index is 394. The normalized spacial score (nSPS) is 14.4. The Morgan fingerprint density at radius 2 is 2.24 bits per heavy atom. The average molecular weight is 256 g/mol. The summed E-state index contributed by atoms with van der Waals surface area (Å²) < 4.78 is 17.0. The molecule has 0 aliphatic carbocycles. The molecule has 0 spiro atoms. The van der Waals surface area contributed by atoms with E-state index in [0.29, 0.717) is 11.5 Å². The number of aryl methyl sites for hydroxylation is 1. The highest BCUT2D eigenvalue weighted by atomic mass is 32.2. The maximum atomic E-state index is 11.8. The molecule has 1 rings (SSSR count). The van der Waals surface area contributed by atoms with Gasteiger partial charge in [-0.05, 0) is 20.3 Å². The number of nitrogens with zero attached hydrogens (tertiary/aromatic N) is 1. The smallest absolute Gasteiger partial charge is 0.122 e. The maximum absolute atomic E-state index is 11.8. The second kappa shape index (κ2) is 6.71. The van der Waals surface area contributed by atoms with Gasteiger partial charge in [-0.3, -0.25) is 9.19 Å². The van der Waals surface area contributed by atoms with E-state index in [0.717, 1.165) is 23.6 Å². The van der Waals surface area contributed by atoms with Crippen molar-refractivity contribution in [2.24, 2.45) is 5.73 Å². The van der Waals surface area contributed by atoms with Crippen molar-refractivity contribution < 1.29 is 8.95 Å². The van der Waals surface area contributed by atoms with Gasteiger partial charge in [0, 0.05) is 40.4 Å². The number of methoxy groups -OCH3 is 1. The highest BCUT2D eigenvalue weighted by molar-refractivity contribution is 7.84. The minimum atomic E-state index is -0.908. The van der Waals surface area contributed by atoms with Crippen molar-refractivity contribution in [3.05, 3.63) is 23.5 Å². The zero-order chi connectivity index (χ0) is 12.8. The van der Waals surface area contributed by atoms with Crippen LogP contribution in [-0.4, -0.2) is 28.1 Å². The van der Waals surface area contributed by atoms with Crippen molar-refractivity contribution in [3.8, 4) is 5.75 Å². The summed E-state index contributed by atoms with van der Waals surface area (Å²) in [6.07, 6.45) is 0.773. The van der Waals surface area contributed by atoms with Gasteiger partial charge in [0.15, 0.2) is 0 Å². The van der Waals surface area contributed by atoms with Crippen molar-refractivity contribution in [3.63, 3.8) is 0 Å². The van der Waals surface area contributed by atoms with Crippen LogP contribution in [0.1, 0.15) is 24.7 Å². The first-order valence-electron chi connectivity index (χ1n) is 5.63. The van der Waals surface area contributed by atoms with E-state index in [1.165, 1.54) is 0 Å². The summed E-state index contributed by atoms with van der Waals surface area (Å²) in [6.45, 7) is 3.82. The van der Waals surface area contributed by atoms with E-state index in [2.05, 4.69) is 4.98 Å². The number of rotatable bonds is 6. The summed E-state index contributed by atoms with van der Waals surface area (Å²) in [5.74, 6) is 1.84. The van der Waals surface area contributed by atoms with Gasteiger partial charge in [-0.15, -0.1) is 0 Å². The van der Waals surface area contributed by atoms with Crippen LogP contribution in [0.4, 0.5) is 0 Å². The van der Waals surface area contributed by atoms with E-state index >= 15 is 0 Å². The molecule has 0 fully saturated rings. The van der Waals surface area contributed by atoms with Gasteiger partial charge >= 0.3 is 0 Å². The molecule has 96 valence electrons. The van der Waals surface area contributed by atoms with Crippen molar-refractivity contribution in [2.75, 3.05) is 12.9 Å². The number of hydrogen-bond acceptors (Lipinski definition) is 4. The Morgan fingerprint density at radius 3 is 2.82 bits per heavy atom. The zero-order valence-corrected chi connectivity index (χ0v) is 11.4. The third-order valence-corrected chi connectivity index (χ3v) is 3.63. The molecule has 2 atom stereocenters. The predicted molar refractivity (Wildman–Crippen MR) is 70.5 cm³/mol. The van der Waals surface area contributed by atoms with Gasteiger partial charge in [0.05, 0.1) is 18.6 Å². The third kappa shape index (κ3) is 5.28.